The van der Waals surface area contributed by atoms with Crippen molar-refractivity contribution in [2.75, 3.05) is 13.1 Å². The largest absolute Gasteiger partial charge is 0.392 e. The van der Waals surface area contributed by atoms with Gasteiger partial charge in [0.2, 0.25) is 0 Å². The molecule has 1 aliphatic carbocycles. The van der Waals surface area contributed by atoms with Gasteiger partial charge in [0.15, 0.2) is 0 Å². The zero-order chi connectivity index (χ0) is 9.52. The first-order valence-corrected chi connectivity index (χ1v) is 5.71. The molecule has 0 amide bonds. The fraction of sp³-hybridized carbons (Fsp3) is 1.00. The Kier molecular flexibility index (Phi) is 5.40. The van der Waals surface area contributed by atoms with Crippen LogP contribution in [0, 0.1) is 5.92 Å². The van der Waals surface area contributed by atoms with E-state index in [0.29, 0.717) is 0 Å². The summed E-state index contributed by atoms with van der Waals surface area (Å²) < 4.78 is 0. The molecule has 2 N–H and O–H groups in total. The zero-order valence-corrected chi connectivity index (χ0v) is 8.76. The van der Waals surface area contributed by atoms with Gasteiger partial charge in [0.05, 0.1) is 6.10 Å². The minimum absolute atomic E-state index is 0.133. The molecule has 1 unspecified atom stereocenters. The van der Waals surface area contributed by atoms with Gasteiger partial charge in [-0.05, 0) is 31.7 Å². The summed E-state index contributed by atoms with van der Waals surface area (Å²) in [6.45, 7) is 4.01. The lowest BCUT2D eigenvalue weighted by atomic mass is 10.1. The number of nitrogens with one attached hydrogen (secondary N) is 1. The molecule has 0 spiro atoms. The first-order valence-electron chi connectivity index (χ1n) is 5.71. The molecule has 0 bridgehead atoms. The van der Waals surface area contributed by atoms with E-state index in [1.807, 2.05) is 0 Å². The maximum Gasteiger partial charge on any atom is 0.0664 e. The third kappa shape index (κ3) is 4.63. The lowest BCUT2D eigenvalue weighted by molar-refractivity contribution is 0.159. The quantitative estimate of drug-likeness (QED) is 0.662. The Balaban J connectivity index is 1.93. The van der Waals surface area contributed by atoms with Gasteiger partial charge in [-0.25, -0.2) is 0 Å². The van der Waals surface area contributed by atoms with Gasteiger partial charge in [-0.1, -0.05) is 26.2 Å². The van der Waals surface area contributed by atoms with Crippen molar-refractivity contribution in [3.63, 3.8) is 0 Å². The fourth-order valence-electron chi connectivity index (χ4n) is 2.10. The molecule has 0 aliphatic heterocycles. The van der Waals surface area contributed by atoms with E-state index >= 15 is 0 Å². The summed E-state index contributed by atoms with van der Waals surface area (Å²) in [4.78, 5) is 0. The maximum absolute atomic E-state index is 9.46. The van der Waals surface area contributed by atoms with Crippen LogP contribution in [0.25, 0.3) is 0 Å². The van der Waals surface area contributed by atoms with Crippen molar-refractivity contribution >= 4 is 0 Å². The minimum atomic E-state index is -0.133. The predicted molar refractivity (Wildman–Crippen MR) is 55.7 cm³/mol. The van der Waals surface area contributed by atoms with Gasteiger partial charge in [-0.2, -0.15) is 0 Å². The predicted octanol–water partition coefficient (Wildman–Crippen LogP) is 1.93. The summed E-state index contributed by atoms with van der Waals surface area (Å²) in [5.74, 6) is 0.883. The van der Waals surface area contributed by atoms with Gasteiger partial charge in [-0.3, -0.25) is 0 Å². The van der Waals surface area contributed by atoms with E-state index in [1.165, 1.54) is 25.7 Å². The molecule has 0 heterocycles. The van der Waals surface area contributed by atoms with Crippen LogP contribution in [-0.2, 0) is 0 Å². The summed E-state index contributed by atoms with van der Waals surface area (Å²) in [6, 6.07) is 0. The Morgan fingerprint density at radius 3 is 2.69 bits per heavy atom. The molecule has 1 atom stereocenters. The SMILES string of the molecule is CCCC(O)CNCC1CCCC1. The average Bonchev–Trinajstić information content (AvgIpc) is 2.57. The lowest BCUT2D eigenvalue weighted by Crippen LogP contribution is -2.30. The third-order valence-electron chi connectivity index (χ3n) is 2.91. The molecule has 1 saturated carbocycles. The second-order valence-electron chi connectivity index (χ2n) is 4.25. The molecule has 0 aromatic heterocycles. The number of hydrogen-bond donors (Lipinski definition) is 2. The Morgan fingerprint density at radius 1 is 1.38 bits per heavy atom. The van der Waals surface area contributed by atoms with Crippen LogP contribution < -0.4 is 5.32 Å². The van der Waals surface area contributed by atoms with Crippen molar-refractivity contribution in [1.82, 2.24) is 5.32 Å². The maximum atomic E-state index is 9.46. The second kappa shape index (κ2) is 6.39. The molecule has 2 nitrogen and oxygen atoms in total. The molecule has 1 fully saturated rings. The van der Waals surface area contributed by atoms with Crippen LogP contribution >= 0.6 is 0 Å². The van der Waals surface area contributed by atoms with Gasteiger partial charge >= 0.3 is 0 Å². The fourth-order valence-corrected chi connectivity index (χ4v) is 2.10. The Labute approximate surface area is 81.7 Å². The van der Waals surface area contributed by atoms with E-state index in [4.69, 9.17) is 0 Å². The van der Waals surface area contributed by atoms with Gasteiger partial charge in [0, 0.05) is 6.54 Å². The molecule has 0 aromatic rings. The van der Waals surface area contributed by atoms with Crippen LogP contribution in [0.15, 0.2) is 0 Å². The molecule has 0 saturated heterocycles. The average molecular weight is 185 g/mol. The highest BCUT2D eigenvalue weighted by molar-refractivity contribution is 4.70. The highest BCUT2D eigenvalue weighted by Crippen LogP contribution is 2.23. The Bertz CT molecular complexity index is 121. The normalized spacial score (nSPS) is 20.8. The first kappa shape index (κ1) is 11.0. The van der Waals surface area contributed by atoms with Gasteiger partial charge in [0.1, 0.15) is 0 Å². The van der Waals surface area contributed by atoms with Crippen LogP contribution in [0.2, 0.25) is 0 Å². The van der Waals surface area contributed by atoms with Gasteiger partial charge < -0.3 is 10.4 Å². The summed E-state index contributed by atoms with van der Waals surface area (Å²) in [7, 11) is 0. The molecule has 0 radical (unpaired) electrons. The monoisotopic (exact) mass is 185 g/mol. The van der Waals surface area contributed by atoms with E-state index in [0.717, 1.165) is 31.8 Å². The van der Waals surface area contributed by atoms with Gasteiger partial charge in [-0.15, -0.1) is 0 Å². The van der Waals surface area contributed by atoms with Crippen molar-refractivity contribution < 1.29 is 5.11 Å². The molecule has 1 rings (SSSR count). The number of hydrogen-bond acceptors (Lipinski definition) is 2. The second-order valence-corrected chi connectivity index (χ2v) is 4.25. The molecular weight excluding hydrogens is 162 g/mol. The summed E-state index contributed by atoms with van der Waals surface area (Å²) in [6.07, 6.45) is 7.46. The number of rotatable bonds is 6. The Hall–Kier alpha value is -0.0800. The molecular formula is C11H23NO. The summed E-state index contributed by atoms with van der Waals surface area (Å²) in [5, 5.41) is 12.8. The first-order chi connectivity index (χ1) is 6.33. The van der Waals surface area contributed by atoms with Gasteiger partial charge in [0.25, 0.3) is 0 Å². The number of aliphatic hydroxyl groups is 1. The van der Waals surface area contributed by atoms with Crippen LogP contribution in [0.5, 0.6) is 0 Å². The van der Waals surface area contributed by atoms with Crippen LogP contribution in [0.1, 0.15) is 45.4 Å². The van der Waals surface area contributed by atoms with E-state index in [2.05, 4.69) is 12.2 Å². The summed E-state index contributed by atoms with van der Waals surface area (Å²) >= 11 is 0. The highest BCUT2D eigenvalue weighted by Gasteiger charge is 2.14. The van der Waals surface area contributed by atoms with Crippen LogP contribution in [-0.4, -0.2) is 24.3 Å². The molecule has 78 valence electrons. The highest BCUT2D eigenvalue weighted by atomic mass is 16.3. The van der Waals surface area contributed by atoms with Crippen molar-refractivity contribution in [3.05, 3.63) is 0 Å². The van der Waals surface area contributed by atoms with Crippen molar-refractivity contribution in [3.8, 4) is 0 Å². The van der Waals surface area contributed by atoms with Crippen molar-refractivity contribution in [1.29, 1.82) is 0 Å². The van der Waals surface area contributed by atoms with Crippen molar-refractivity contribution in [2.24, 2.45) is 5.92 Å². The molecule has 13 heavy (non-hydrogen) atoms. The smallest absolute Gasteiger partial charge is 0.0664 e. The van der Waals surface area contributed by atoms with E-state index in [1.54, 1.807) is 0 Å². The standard InChI is InChI=1S/C11H23NO/c1-2-5-11(13)9-12-8-10-6-3-4-7-10/h10-13H,2-9H2,1H3. The van der Waals surface area contributed by atoms with E-state index < -0.39 is 0 Å². The lowest BCUT2D eigenvalue weighted by Gasteiger charge is -2.13. The Morgan fingerprint density at radius 2 is 2.08 bits per heavy atom. The summed E-state index contributed by atoms with van der Waals surface area (Å²) in [5.41, 5.74) is 0. The van der Waals surface area contributed by atoms with Crippen LogP contribution in [0.3, 0.4) is 0 Å². The molecule has 0 aromatic carbocycles. The van der Waals surface area contributed by atoms with Crippen LogP contribution in [0.4, 0.5) is 0 Å². The van der Waals surface area contributed by atoms with Crippen molar-refractivity contribution in [2.45, 2.75) is 51.6 Å². The number of aliphatic hydroxyl groups excluding tert-OH is 1. The topological polar surface area (TPSA) is 32.3 Å². The van der Waals surface area contributed by atoms with E-state index in [-0.39, 0.29) is 6.10 Å². The van der Waals surface area contributed by atoms with E-state index in [9.17, 15) is 5.11 Å². The minimum Gasteiger partial charge on any atom is -0.392 e. The third-order valence-corrected chi connectivity index (χ3v) is 2.91. The zero-order valence-electron chi connectivity index (χ0n) is 8.76. The molecule has 2 heteroatoms. The molecule has 1 aliphatic rings.